The molecule has 3 heterocycles. The maximum Gasteiger partial charge on any atom is 0.339 e. The predicted octanol–water partition coefficient (Wildman–Crippen LogP) is 3.49. The summed E-state index contributed by atoms with van der Waals surface area (Å²) in [6.45, 7) is 4.81. The normalized spacial score (nSPS) is 14.6. The zero-order valence-electron chi connectivity index (χ0n) is 18.9. The van der Waals surface area contributed by atoms with Gasteiger partial charge < -0.3 is 19.0 Å². The Hall–Kier alpha value is -3.13. The number of carbonyl (C=O) groups excluding carboxylic acids is 1. The van der Waals surface area contributed by atoms with Gasteiger partial charge in [-0.3, -0.25) is 9.59 Å². The molecular weight excluding hydrogens is 446 g/mol. The maximum absolute atomic E-state index is 12.8. The second-order valence-electron chi connectivity index (χ2n) is 8.40. The van der Waals surface area contributed by atoms with Gasteiger partial charge in [0.15, 0.2) is 0 Å². The Morgan fingerprint density at radius 2 is 1.97 bits per heavy atom. The zero-order chi connectivity index (χ0) is 23.7. The van der Waals surface area contributed by atoms with E-state index >= 15 is 0 Å². The first-order chi connectivity index (χ1) is 15.8. The third kappa shape index (κ3) is 4.80. The molecule has 33 heavy (non-hydrogen) atoms. The average Bonchev–Trinajstić information content (AvgIpc) is 2.78. The van der Waals surface area contributed by atoms with Gasteiger partial charge in [-0.2, -0.15) is 0 Å². The van der Waals surface area contributed by atoms with Crippen molar-refractivity contribution in [2.24, 2.45) is 0 Å². The van der Waals surface area contributed by atoms with Crippen LogP contribution in [0.4, 0.5) is 0 Å². The van der Waals surface area contributed by atoms with E-state index in [4.69, 9.17) is 20.8 Å². The number of likely N-dealkylation sites (tertiary alicyclic amines) is 1. The van der Waals surface area contributed by atoms with Crippen LogP contribution in [0.15, 0.2) is 32.2 Å². The number of aromatic nitrogens is 2. The third-order valence-corrected chi connectivity index (χ3v) is 6.57. The molecule has 0 unspecified atom stereocenters. The number of nitrogens with one attached hydrogen (secondary N) is 1. The highest BCUT2D eigenvalue weighted by Gasteiger charge is 2.26. The maximum atomic E-state index is 12.8. The Morgan fingerprint density at radius 3 is 2.64 bits per heavy atom. The third-order valence-electron chi connectivity index (χ3n) is 6.27. The molecule has 1 fully saturated rings. The van der Waals surface area contributed by atoms with Gasteiger partial charge in [-0.25, -0.2) is 9.78 Å². The number of fused-ring (bicyclic) bond motifs is 1. The summed E-state index contributed by atoms with van der Waals surface area (Å²) in [5, 5.41) is 1.15. The molecule has 8 nitrogen and oxygen atoms in total. The van der Waals surface area contributed by atoms with E-state index in [0.29, 0.717) is 52.9 Å². The molecule has 174 valence electrons. The molecule has 9 heteroatoms. The van der Waals surface area contributed by atoms with Crippen LogP contribution in [0.3, 0.4) is 0 Å². The molecule has 0 bridgehead atoms. The van der Waals surface area contributed by atoms with Crippen LogP contribution >= 0.6 is 11.6 Å². The van der Waals surface area contributed by atoms with Crippen LogP contribution < -0.4 is 15.9 Å². The molecule has 1 saturated heterocycles. The molecule has 3 aromatic rings. The van der Waals surface area contributed by atoms with Crippen molar-refractivity contribution in [3.8, 4) is 5.75 Å². The standard InChI is InChI=1S/C24H26ClN3O5/c1-13-10-21(29)27-23(26-13)15-6-8-28(9-7-15)22(30)5-4-16-14(2)17-11-18(25)20(32-3)12-19(17)33-24(16)31/h10-12,15H,4-9H2,1-3H3,(H,26,27,29). The van der Waals surface area contributed by atoms with Gasteiger partial charge in [-0.1, -0.05) is 11.6 Å². The molecule has 4 rings (SSSR count). The van der Waals surface area contributed by atoms with Gasteiger partial charge >= 0.3 is 5.63 Å². The number of halogens is 1. The van der Waals surface area contributed by atoms with Gasteiger partial charge in [0, 0.05) is 54.2 Å². The quantitative estimate of drug-likeness (QED) is 0.571. The number of methoxy groups -OCH3 is 1. The van der Waals surface area contributed by atoms with Gasteiger partial charge in [0.25, 0.3) is 5.56 Å². The van der Waals surface area contributed by atoms with Crippen molar-refractivity contribution in [2.45, 2.75) is 45.4 Å². The lowest BCUT2D eigenvalue weighted by atomic mass is 9.95. The summed E-state index contributed by atoms with van der Waals surface area (Å²) in [6.07, 6.45) is 1.97. The van der Waals surface area contributed by atoms with E-state index in [1.165, 1.54) is 13.2 Å². The Labute approximate surface area is 195 Å². The minimum Gasteiger partial charge on any atom is -0.495 e. The van der Waals surface area contributed by atoms with Crippen LogP contribution in [0, 0.1) is 13.8 Å². The van der Waals surface area contributed by atoms with Crippen molar-refractivity contribution in [3.63, 3.8) is 0 Å². The van der Waals surface area contributed by atoms with E-state index in [9.17, 15) is 14.4 Å². The number of piperidine rings is 1. The van der Waals surface area contributed by atoms with Gasteiger partial charge in [0.05, 0.1) is 12.1 Å². The first kappa shape index (κ1) is 23.0. The summed E-state index contributed by atoms with van der Waals surface area (Å²) in [4.78, 5) is 46.2. The molecular formula is C24H26ClN3O5. The van der Waals surface area contributed by atoms with Crippen molar-refractivity contribution in [1.29, 1.82) is 0 Å². The van der Waals surface area contributed by atoms with Crippen molar-refractivity contribution in [1.82, 2.24) is 14.9 Å². The fourth-order valence-corrected chi connectivity index (χ4v) is 4.66. The highest BCUT2D eigenvalue weighted by Crippen LogP contribution is 2.32. The highest BCUT2D eigenvalue weighted by atomic mass is 35.5. The van der Waals surface area contributed by atoms with E-state index in [1.807, 2.05) is 11.8 Å². The molecule has 0 aliphatic carbocycles. The summed E-state index contributed by atoms with van der Waals surface area (Å²) in [5.74, 6) is 1.23. The number of hydrogen-bond donors (Lipinski definition) is 1. The number of benzene rings is 1. The number of carbonyl (C=O) groups is 1. The molecule has 2 aromatic heterocycles. The van der Waals surface area contributed by atoms with Gasteiger partial charge in [-0.05, 0) is 44.7 Å². The largest absolute Gasteiger partial charge is 0.495 e. The zero-order valence-corrected chi connectivity index (χ0v) is 19.6. The fourth-order valence-electron chi connectivity index (χ4n) is 4.42. The molecule has 1 aliphatic heterocycles. The summed E-state index contributed by atoms with van der Waals surface area (Å²) in [6, 6.07) is 4.78. The van der Waals surface area contributed by atoms with E-state index in [0.717, 1.165) is 23.8 Å². The SMILES string of the molecule is COc1cc2oc(=O)c(CCC(=O)N3CCC(c4nc(C)cc(=O)[nH]4)CC3)c(C)c2cc1Cl. The highest BCUT2D eigenvalue weighted by molar-refractivity contribution is 6.32. The summed E-state index contributed by atoms with van der Waals surface area (Å²) < 4.78 is 10.7. The molecule has 0 spiro atoms. The molecule has 1 aromatic carbocycles. The van der Waals surface area contributed by atoms with E-state index in [-0.39, 0.29) is 23.8 Å². The summed E-state index contributed by atoms with van der Waals surface area (Å²) in [5.41, 5.74) is 1.72. The van der Waals surface area contributed by atoms with Crippen molar-refractivity contribution in [2.75, 3.05) is 20.2 Å². The van der Waals surface area contributed by atoms with Gasteiger partial charge in [-0.15, -0.1) is 0 Å². The van der Waals surface area contributed by atoms with E-state index in [1.54, 1.807) is 19.1 Å². The number of H-pyrrole nitrogens is 1. The van der Waals surface area contributed by atoms with Crippen LogP contribution in [-0.2, 0) is 11.2 Å². The lowest BCUT2D eigenvalue weighted by Crippen LogP contribution is -2.38. The van der Waals surface area contributed by atoms with Crippen LogP contribution in [0.2, 0.25) is 5.02 Å². The second kappa shape index (κ2) is 9.39. The minimum atomic E-state index is -0.453. The number of ether oxygens (including phenoxy) is 1. The van der Waals surface area contributed by atoms with Crippen molar-refractivity contribution in [3.05, 3.63) is 66.6 Å². The van der Waals surface area contributed by atoms with Gasteiger partial charge in [0.1, 0.15) is 17.2 Å². The Balaban J connectivity index is 1.43. The Morgan fingerprint density at radius 1 is 1.24 bits per heavy atom. The van der Waals surface area contributed by atoms with Crippen LogP contribution in [0.1, 0.15) is 47.8 Å². The molecule has 1 N–H and O–H groups in total. The molecule has 0 radical (unpaired) electrons. The second-order valence-corrected chi connectivity index (χ2v) is 8.81. The molecule has 0 saturated carbocycles. The molecule has 0 atom stereocenters. The van der Waals surface area contributed by atoms with Crippen LogP contribution in [-0.4, -0.2) is 41.0 Å². The molecule has 1 amide bonds. The first-order valence-corrected chi connectivity index (χ1v) is 11.3. The van der Waals surface area contributed by atoms with Crippen molar-refractivity contribution >= 4 is 28.5 Å². The van der Waals surface area contributed by atoms with Crippen LogP contribution in [0.5, 0.6) is 5.75 Å². The lowest BCUT2D eigenvalue weighted by Gasteiger charge is -2.31. The number of hydrogen-bond acceptors (Lipinski definition) is 6. The first-order valence-electron chi connectivity index (χ1n) is 10.9. The predicted molar refractivity (Wildman–Crippen MR) is 125 cm³/mol. The number of amides is 1. The van der Waals surface area contributed by atoms with E-state index in [2.05, 4.69) is 9.97 Å². The minimum absolute atomic E-state index is 0.00851. The number of nitrogens with zero attached hydrogens (tertiary/aromatic N) is 2. The number of aromatic amines is 1. The fraction of sp³-hybridized carbons (Fsp3) is 0.417. The summed E-state index contributed by atoms with van der Waals surface area (Å²) >= 11 is 6.24. The Bertz CT molecular complexity index is 1320. The van der Waals surface area contributed by atoms with E-state index < -0.39 is 5.63 Å². The monoisotopic (exact) mass is 471 g/mol. The number of rotatable bonds is 5. The smallest absolute Gasteiger partial charge is 0.339 e. The van der Waals surface area contributed by atoms with Crippen molar-refractivity contribution < 1.29 is 13.9 Å². The Kier molecular flexibility index (Phi) is 6.56. The lowest BCUT2D eigenvalue weighted by molar-refractivity contribution is -0.132. The topological polar surface area (TPSA) is 106 Å². The van der Waals surface area contributed by atoms with Crippen LogP contribution in [0.25, 0.3) is 11.0 Å². The van der Waals surface area contributed by atoms with Gasteiger partial charge in [0.2, 0.25) is 5.91 Å². The summed E-state index contributed by atoms with van der Waals surface area (Å²) in [7, 11) is 1.50. The molecule has 1 aliphatic rings. The number of aryl methyl sites for hydroxylation is 2. The average molecular weight is 472 g/mol.